The molecule has 1 amide bonds. The molecular weight excluding hydrogens is 436 g/mol. The van der Waals surface area contributed by atoms with E-state index in [2.05, 4.69) is 4.98 Å². The van der Waals surface area contributed by atoms with Gasteiger partial charge in [0, 0.05) is 22.5 Å². The molecule has 154 valence electrons. The van der Waals surface area contributed by atoms with E-state index >= 15 is 0 Å². The number of benzene rings is 2. The Balaban J connectivity index is 1.80. The zero-order valence-corrected chi connectivity index (χ0v) is 18.4. The fourth-order valence-corrected chi connectivity index (χ4v) is 4.64. The summed E-state index contributed by atoms with van der Waals surface area (Å²) >= 11 is 8.41. The Bertz CT molecular complexity index is 995. The van der Waals surface area contributed by atoms with E-state index in [0.717, 1.165) is 35.3 Å². The monoisotopic (exact) mass is 455 g/mol. The van der Waals surface area contributed by atoms with Crippen molar-refractivity contribution in [3.8, 4) is 0 Å². The molecular formula is C20H20ClF2N3OS2. The highest BCUT2D eigenvalue weighted by Crippen LogP contribution is 2.32. The summed E-state index contributed by atoms with van der Waals surface area (Å²) in [5.74, 6) is -1.31. The Labute approximate surface area is 181 Å². The number of amides is 1. The molecule has 1 heterocycles. The third-order valence-corrected chi connectivity index (χ3v) is 6.37. The number of carbonyl (C=O) groups excluding carboxylic acids is 1. The molecule has 0 radical (unpaired) electrons. The second kappa shape index (κ2) is 9.84. The lowest BCUT2D eigenvalue weighted by atomic mass is 10.3. The van der Waals surface area contributed by atoms with Gasteiger partial charge in [0.1, 0.15) is 11.3 Å². The van der Waals surface area contributed by atoms with E-state index in [0.29, 0.717) is 21.4 Å². The second-order valence-corrected chi connectivity index (χ2v) is 9.17. The number of anilines is 1. The van der Waals surface area contributed by atoms with Crippen LogP contribution in [0.1, 0.15) is 6.42 Å². The number of thiazole rings is 1. The van der Waals surface area contributed by atoms with Gasteiger partial charge in [0.2, 0.25) is 5.91 Å². The summed E-state index contributed by atoms with van der Waals surface area (Å²) in [6.45, 7) is 1.24. The van der Waals surface area contributed by atoms with E-state index in [4.69, 9.17) is 11.6 Å². The maximum absolute atomic E-state index is 14.1. The molecule has 3 rings (SSSR count). The first-order valence-electron chi connectivity index (χ1n) is 8.92. The molecule has 0 unspecified atom stereocenters. The summed E-state index contributed by atoms with van der Waals surface area (Å²) in [7, 11) is 3.91. The van der Waals surface area contributed by atoms with Crippen LogP contribution in [0.3, 0.4) is 0 Å². The average Bonchev–Trinajstić information content (AvgIpc) is 3.08. The molecule has 0 spiro atoms. The fourth-order valence-electron chi connectivity index (χ4n) is 2.69. The number of halogens is 3. The Morgan fingerprint density at radius 1 is 1.17 bits per heavy atom. The zero-order valence-electron chi connectivity index (χ0n) is 16.0. The topological polar surface area (TPSA) is 36.4 Å². The molecule has 9 heteroatoms. The predicted molar refractivity (Wildman–Crippen MR) is 117 cm³/mol. The smallest absolute Gasteiger partial charge is 0.239 e. The van der Waals surface area contributed by atoms with Crippen LogP contribution in [-0.4, -0.2) is 48.7 Å². The predicted octanol–water partition coefficient (Wildman–Crippen LogP) is 5.30. The van der Waals surface area contributed by atoms with Gasteiger partial charge in [-0.2, -0.15) is 0 Å². The third-order valence-electron chi connectivity index (χ3n) is 4.10. The SMILES string of the molecule is CN(C)CCCN(C(=O)CSc1ccc(Cl)cc1)c1nc2c(F)cc(F)cc2s1. The Morgan fingerprint density at radius 3 is 2.59 bits per heavy atom. The van der Waals surface area contributed by atoms with Gasteiger partial charge in [-0.15, -0.1) is 11.8 Å². The highest BCUT2D eigenvalue weighted by molar-refractivity contribution is 8.00. The largest absolute Gasteiger partial charge is 0.309 e. The van der Waals surface area contributed by atoms with Gasteiger partial charge in [-0.25, -0.2) is 13.8 Å². The lowest BCUT2D eigenvalue weighted by molar-refractivity contribution is -0.116. The van der Waals surface area contributed by atoms with E-state index in [1.165, 1.54) is 17.8 Å². The van der Waals surface area contributed by atoms with Crippen LogP contribution in [0.4, 0.5) is 13.9 Å². The Kier molecular flexibility index (Phi) is 7.45. The van der Waals surface area contributed by atoms with Crippen molar-refractivity contribution in [3.63, 3.8) is 0 Å². The lowest BCUT2D eigenvalue weighted by Gasteiger charge is -2.21. The molecule has 4 nitrogen and oxygen atoms in total. The number of carbonyl (C=O) groups is 1. The van der Waals surface area contributed by atoms with Crippen molar-refractivity contribution in [1.29, 1.82) is 0 Å². The van der Waals surface area contributed by atoms with Crippen LogP contribution in [0, 0.1) is 11.6 Å². The maximum Gasteiger partial charge on any atom is 0.239 e. The number of rotatable bonds is 8. The van der Waals surface area contributed by atoms with Crippen molar-refractivity contribution in [2.24, 2.45) is 0 Å². The zero-order chi connectivity index (χ0) is 21.0. The summed E-state index contributed by atoms with van der Waals surface area (Å²) in [6, 6.07) is 9.30. The lowest BCUT2D eigenvalue weighted by Crippen LogP contribution is -2.34. The molecule has 0 aliphatic heterocycles. The molecule has 0 atom stereocenters. The van der Waals surface area contributed by atoms with Crippen LogP contribution in [0.15, 0.2) is 41.3 Å². The van der Waals surface area contributed by atoms with E-state index in [-0.39, 0.29) is 17.2 Å². The molecule has 2 aromatic carbocycles. The van der Waals surface area contributed by atoms with Crippen molar-refractivity contribution >= 4 is 56.0 Å². The number of fused-ring (bicyclic) bond motifs is 1. The molecule has 0 N–H and O–H groups in total. The second-order valence-electron chi connectivity index (χ2n) is 6.68. The molecule has 29 heavy (non-hydrogen) atoms. The molecule has 1 aromatic heterocycles. The van der Waals surface area contributed by atoms with Crippen LogP contribution in [0.5, 0.6) is 0 Å². The Morgan fingerprint density at radius 2 is 1.90 bits per heavy atom. The summed E-state index contributed by atoms with van der Waals surface area (Å²) in [5.41, 5.74) is 0.0853. The molecule has 0 bridgehead atoms. The van der Waals surface area contributed by atoms with Gasteiger partial charge in [0.15, 0.2) is 10.9 Å². The number of hydrogen-bond acceptors (Lipinski definition) is 5. The Hall–Kier alpha value is -1.74. The van der Waals surface area contributed by atoms with Crippen LogP contribution >= 0.6 is 34.7 Å². The normalized spacial score (nSPS) is 11.4. The molecule has 3 aromatic rings. The van der Waals surface area contributed by atoms with E-state index in [1.807, 2.05) is 31.1 Å². The van der Waals surface area contributed by atoms with Crippen molar-refractivity contribution in [2.75, 3.05) is 37.8 Å². The number of aromatic nitrogens is 1. The summed E-state index contributed by atoms with van der Waals surface area (Å²) in [6.07, 6.45) is 0.733. The van der Waals surface area contributed by atoms with Gasteiger partial charge in [-0.1, -0.05) is 22.9 Å². The van der Waals surface area contributed by atoms with Gasteiger partial charge in [-0.3, -0.25) is 9.69 Å². The van der Waals surface area contributed by atoms with Gasteiger partial charge in [0.05, 0.1) is 10.5 Å². The quantitative estimate of drug-likeness (QED) is 0.431. The minimum atomic E-state index is -0.723. The first kappa shape index (κ1) is 22.0. The highest BCUT2D eigenvalue weighted by atomic mass is 35.5. The van der Waals surface area contributed by atoms with E-state index in [9.17, 15) is 13.6 Å². The first-order chi connectivity index (χ1) is 13.8. The summed E-state index contributed by atoms with van der Waals surface area (Å²) in [4.78, 5) is 21.7. The van der Waals surface area contributed by atoms with Crippen molar-refractivity contribution in [1.82, 2.24) is 9.88 Å². The minimum absolute atomic E-state index is 0.0853. The number of thioether (sulfide) groups is 1. The number of hydrogen-bond donors (Lipinski definition) is 0. The molecule has 0 saturated heterocycles. The van der Waals surface area contributed by atoms with Crippen LogP contribution < -0.4 is 4.90 Å². The first-order valence-corrected chi connectivity index (χ1v) is 11.1. The third kappa shape index (κ3) is 5.88. The summed E-state index contributed by atoms with van der Waals surface area (Å²) in [5, 5.41) is 1.01. The highest BCUT2D eigenvalue weighted by Gasteiger charge is 2.21. The standard InChI is InChI=1S/C20H20ClF2N3OS2/c1-25(2)8-3-9-26(18(27)12-28-15-6-4-13(21)5-7-15)20-24-19-16(23)10-14(22)11-17(19)29-20/h4-7,10-11H,3,8-9,12H2,1-2H3. The number of nitrogens with zero attached hydrogens (tertiary/aromatic N) is 3. The van der Waals surface area contributed by atoms with Crippen LogP contribution in [0.2, 0.25) is 5.02 Å². The average molecular weight is 456 g/mol. The summed E-state index contributed by atoms with van der Waals surface area (Å²) < 4.78 is 28.0. The van der Waals surface area contributed by atoms with Crippen LogP contribution in [-0.2, 0) is 4.79 Å². The maximum atomic E-state index is 14.1. The van der Waals surface area contributed by atoms with Gasteiger partial charge in [0.25, 0.3) is 0 Å². The molecule has 0 aliphatic rings. The molecule has 0 aliphatic carbocycles. The van der Waals surface area contributed by atoms with Crippen molar-refractivity contribution in [2.45, 2.75) is 11.3 Å². The van der Waals surface area contributed by atoms with E-state index in [1.54, 1.807) is 17.0 Å². The van der Waals surface area contributed by atoms with Gasteiger partial charge in [-0.05, 0) is 57.4 Å². The van der Waals surface area contributed by atoms with Gasteiger partial charge >= 0.3 is 0 Å². The van der Waals surface area contributed by atoms with Gasteiger partial charge < -0.3 is 4.90 Å². The van der Waals surface area contributed by atoms with E-state index < -0.39 is 11.6 Å². The molecule has 0 saturated carbocycles. The fraction of sp³-hybridized carbons (Fsp3) is 0.300. The van der Waals surface area contributed by atoms with Crippen molar-refractivity contribution < 1.29 is 13.6 Å². The molecule has 0 fully saturated rings. The van der Waals surface area contributed by atoms with Crippen LogP contribution in [0.25, 0.3) is 10.2 Å². The minimum Gasteiger partial charge on any atom is -0.309 e. The van der Waals surface area contributed by atoms with Crippen molar-refractivity contribution in [3.05, 3.63) is 53.1 Å².